The zero-order chi connectivity index (χ0) is 9.10. The van der Waals surface area contributed by atoms with Crippen LogP contribution in [0.5, 0.6) is 0 Å². The third-order valence-corrected chi connectivity index (χ3v) is 2.78. The fourth-order valence-electron chi connectivity index (χ4n) is 1.20. The van der Waals surface area contributed by atoms with Crippen molar-refractivity contribution in [1.82, 2.24) is 4.57 Å². The summed E-state index contributed by atoms with van der Waals surface area (Å²) in [4.78, 5) is 1.29. The van der Waals surface area contributed by atoms with Crippen molar-refractivity contribution in [2.75, 3.05) is 0 Å². The van der Waals surface area contributed by atoms with E-state index in [-0.39, 0.29) is 0 Å². The van der Waals surface area contributed by atoms with E-state index in [1.807, 2.05) is 19.3 Å². The zero-order valence-electron chi connectivity index (χ0n) is 7.47. The van der Waals surface area contributed by atoms with Crippen molar-refractivity contribution in [2.24, 2.45) is 7.05 Å². The Kier molecular flexibility index (Phi) is 2.32. The first-order valence-electron chi connectivity index (χ1n) is 4.19. The van der Waals surface area contributed by atoms with Crippen molar-refractivity contribution in [1.29, 1.82) is 0 Å². The first-order valence-corrected chi connectivity index (χ1v) is 5.07. The molecule has 0 aliphatic heterocycles. The maximum atomic E-state index is 2.14. The average Bonchev–Trinajstić information content (AvgIpc) is 2.72. The van der Waals surface area contributed by atoms with Crippen LogP contribution in [0, 0.1) is 0 Å². The van der Waals surface area contributed by atoms with Crippen LogP contribution in [0.3, 0.4) is 0 Å². The Morgan fingerprint density at radius 1 is 1.23 bits per heavy atom. The fraction of sp³-hybridized carbons (Fsp3) is 0.0909. The molecule has 2 heterocycles. The van der Waals surface area contributed by atoms with Gasteiger partial charge in [-0.15, -0.1) is 11.3 Å². The van der Waals surface area contributed by atoms with Gasteiger partial charge in [0.15, 0.2) is 0 Å². The molecule has 2 aromatic heterocycles. The highest BCUT2D eigenvalue weighted by atomic mass is 32.1. The molecule has 0 aromatic carbocycles. The number of thiophene rings is 1. The first kappa shape index (κ1) is 8.32. The highest BCUT2D eigenvalue weighted by Gasteiger charge is 1.90. The highest BCUT2D eigenvalue weighted by Crippen LogP contribution is 2.13. The predicted molar refractivity (Wildman–Crippen MR) is 58.7 cm³/mol. The molecule has 0 saturated carbocycles. The lowest BCUT2D eigenvalue weighted by atomic mass is 10.3. The van der Waals surface area contributed by atoms with Crippen LogP contribution in [0.4, 0.5) is 0 Å². The number of aromatic nitrogens is 1. The number of aryl methyl sites for hydroxylation is 1. The van der Waals surface area contributed by atoms with Gasteiger partial charge in [-0.3, -0.25) is 0 Å². The van der Waals surface area contributed by atoms with Crippen LogP contribution < -0.4 is 0 Å². The molecule has 0 fully saturated rings. The lowest BCUT2D eigenvalue weighted by molar-refractivity contribution is 0.915. The topological polar surface area (TPSA) is 4.93 Å². The second-order valence-electron chi connectivity index (χ2n) is 2.89. The third kappa shape index (κ3) is 1.90. The molecule has 0 bridgehead atoms. The van der Waals surface area contributed by atoms with Gasteiger partial charge in [-0.1, -0.05) is 6.07 Å². The molecule has 0 aliphatic carbocycles. The third-order valence-electron chi connectivity index (χ3n) is 1.95. The molecule has 0 spiro atoms. The van der Waals surface area contributed by atoms with Crippen molar-refractivity contribution in [3.05, 3.63) is 46.4 Å². The van der Waals surface area contributed by atoms with Crippen LogP contribution in [0.2, 0.25) is 0 Å². The summed E-state index contributed by atoms with van der Waals surface area (Å²) in [5.41, 5.74) is 1.23. The van der Waals surface area contributed by atoms with E-state index in [2.05, 4.69) is 40.3 Å². The Morgan fingerprint density at radius 2 is 2.15 bits per heavy atom. The molecule has 0 N–H and O–H groups in total. The van der Waals surface area contributed by atoms with Gasteiger partial charge in [0.2, 0.25) is 0 Å². The number of hydrogen-bond acceptors (Lipinski definition) is 1. The lowest BCUT2D eigenvalue weighted by Crippen LogP contribution is -1.85. The summed E-state index contributed by atoms with van der Waals surface area (Å²) in [7, 11) is 2.05. The van der Waals surface area contributed by atoms with Gasteiger partial charge in [0.05, 0.1) is 0 Å². The van der Waals surface area contributed by atoms with Crippen molar-refractivity contribution in [3.8, 4) is 0 Å². The molecule has 13 heavy (non-hydrogen) atoms. The van der Waals surface area contributed by atoms with Crippen molar-refractivity contribution in [2.45, 2.75) is 0 Å². The second kappa shape index (κ2) is 3.62. The molecule has 2 aromatic rings. The van der Waals surface area contributed by atoms with Crippen molar-refractivity contribution in [3.63, 3.8) is 0 Å². The monoisotopic (exact) mass is 189 g/mol. The Balaban J connectivity index is 2.19. The lowest BCUT2D eigenvalue weighted by Gasteiger charge is -1.94. The standard InChI is InChI=1S/C11H11NS/c1-12-8-2-4-10(12)6-7-11-5-3-9-13-11/h2-9H,1H3. The number of nitrogens with zero attached hydrogens (tertiary/aromatic N) is 1. The maximum absolute atomic E-state index is 2.14. The molecule has 0 atom stereocenters. The van der Waals surface area contributed by atoms with Crippen molar-refractivity contribution < 1.29 is 0 Å². The fourth-order valence-corrected chi connectivity index (χ4v) is 1.82. The molecule has 0 saturated heterocycles. The molecule has 0 aliphatic rings. The predicted octanol–water partition coefficient (Wildman–Crippen LogP) is 3.26. The van der Waals surface area contributed by atoms with Gasteiger partial charge in [0.1, 0.15) is 0 Å². The van der Waals surface area contributed by atoms with Gasteiger partial charge in [-0.2, -0.15) is 0 Å². The summed E-state index contributed by atoms with van der Waals surface area (Å²) in [6, 6.07) is 8.33. The quantitative estimate of drug-likeness (QED) is 0.683. The number of rotatable bonds is 2. The zero-order valence-corrected chi connectivity index (χ0v) is 8.29. The van der Waals surface area contributed by atoms with Gasteiger partial charge in [0.25, 0.3) is 0 Å². The Hall–Kier alpha value is -1.28. The largest absolute Gasteiger partial charge is 0.351 e. The van der Waals surface area contributed by atoms with E-state index in [0.29, 0.717) is 0 Å². The van der Waals surface area contributed by atoms with Crippen LogP contribution >= 0.6 is 11.3 Å². The van der Waals surface area contributed by atoms with Crippen LogP contribution in [0.25, 0.3) is 12.2 Å². The minimum absolute atomic E-state index is 1.23. The van der Waals surface area contributed by atoms with E-state index >= 15 is 0 Å². The molecule has 66 valence electrons. The summed E-state index contributed by atoms with van der Waals surface area (Å²) in [5.74, 6) is 0. The molecule has 0 amide bonds. The summed E-state index contributed by atoms with van der Waals surface area (Å²) in [6.07, 6.45) is 6.32. The molecule has 1 nitrogen and oxygen atoms in total. The molecule has 2 heteroatoms. The highest BCUT2D eigenvalue weighted by molar-refractivity contribution is 7.10. The summed E-state index contributed by atoms with van der Waals surface area (Å²) in [5, 5.41) is 2.09. The van der Waals surface area contributed by atoms with Crippen molar-refractivity contribution >= 4 is 23.5 Å². The SMILES string of the molecule is Cn1cccc1C=Cc1cccs1. The average molecular weight is 189 g/mol. The van der Waals surface area contributed by atoms with Crippen LogP contribution in [-0.2, 0) is 7.05 Å². The minimum Gasteiger partial charge on any atom is -0.351 e. The van der Waals surface area contributed by atoms with E-state index in [1.54, 1.807) is 11.3 Å². The molecule has 0 unspecified atom stereocenters. The maximum Gasteiger partial charge on any atom is 0.0404 e. The summed E-state index contributed by atoms with van der Waals surface area (Å²) >= 11 is 1.75. The number of hydrogen-bond donors (Lipinski definition) is 0. The smallest absolute Gasteiger partial charge is 0.0404 e. The second-order valence-corrected chi connectivity index (χ2v) is 3.87. The van der Waals surface area contributed by atoms with Crippen LogP contribution in [-0.4, -0.2) is 4.57 Å². The minimum atomic E-state index is 1.23. The molecular weight excluding hydrogens is 178 g/mol. The first-order chi connectivity index (χ1) is 6.36. The normalized spacial score (nSPS) is 11.2. The van der Waals surface area contributed by atoms with Crippen LogP contribution in [0.1, 0.15) is 10.6 Å². The summed E-state index contributed by atoms with van der Waals surface area (Å²) in [6.45, 7) is 0. The Labute approximate surface area is 82.0 Å². The summed E-state index contributed by atoms with van der Waals surface area (Å²) < 4.78 is 2.10. The van der Waals surface area contributed by atoms with Gasteiger partial charge in [-0.05, 0) is 35.7 Å². The van der Waals surface area contributed by atoms with Gasteiger partial charge < -0.3 is 4.57 Å². The Morgan fingerprint density at radius 3 is 2.77 bits per heavy atom. The molecular formula is C11H11NS. The van der Waals surface area contributed by atoms with Gasteiger partial charge in [-0.25, -0.2) is 0 Å². The van der Waals surface area contributed by atoms with E-state index in [0.717, 1.165) is 0 Å². The Bertz CT molecular complexity index is 395. The van der Waals surface area contributed by atoms with Gasteiger partial charge in [0, 0.05) is 23.8 Å². The van der Waals surface area contributed by atoms with E-state index in [4.69, 9.17) is 0 Å². The van der Waals surface area contributed by atoms with E-state index in [1.165, 1.54) is 10.6 Å². The van der Waals surface area contributed by atoms with Gasteiger partial charge >= 0.3 is 0 Å². The molecule has 2 rings (SSSR count). The van der Waals surface area contributed by atoms with Crippen LogP contribution in [0.15, 0.2) is 35.8 Å². The van der Waals surface area contributed by atoms with E-state index < -0.39 is 0 Å². The van der Waals surface area contributed by atoms with E-state index in [9.17, 15) is 0 Å². The molecule has 0 radical (unpaired) electrons.